The number of hydrogen-bond acceptors (Lipinski definition) is 3. The average Bonchev–Trinajstić information content (AvgIpc) is 2.37. The van der Waals surface area contributed by atoms with Crippen LogP contribution in [0.5, 0.6) is 0 Å². The molecule has 20 heavy (non-hydrogen) atoms. The third kappa shape index (κ3) is 3.58. The fourth-order valence-electron chi connectivity index (χ4n) is 2.03. The summed E-state index contributed by atoms with van der Waals surface area (Å²) in [6, 6.07) is 3.41. The van der Waals surface area contributed by atoms with Gasteiger partial charge < -0.3 is 4.90 Å². The minimum atomic E-state index is -0.789. The molecule has 1 aromatic heterocycles. The molecule has 1 fully saturated rings. The Bertz CT molecular complexity index is 545. The van der Waals surface area contributed by atoms with Crippen LogP contribution in [0.4, 0.5) is 0 Å². The molecule has 0 spiro atoms. The van der Waals surface area contributed by atoms with Crippen molar-refractivity contribution in [2.45, 2.75) is 26.2 Å². The Morgan fingerprint density at radius 3 is 2.45 bits per heavy atom. The zero-order chi connectivity index (χ0) is 14.9. The number of rotatable bonds is 1. The zero-order valence-electron chi connectivity index (χ0n) is 12.0. The van der Waals surface area contributed by atoms with Crippen LogP contribution in [0.2, 0.25) is 5.15 Å². The first-order chi connectivity index (χ1) is 9.27. The highest BCUT2D eigenvalue weighted by Gasteiger charge is 2.24. The normalized spacial score (nSPS) is 17.3. The van der Waals surface area contributed by atoms with Crippen molar-refractivity contribution in [3.05, 3.63) is 28.5 Å². The maximum atomic E-state index is 12.5. The lowest BCUT2D eigenvalue weighted by Gasteiger charge is -2.27. The van der Waals surface area contributed by atoms with Gasteiger partial charge in [0.1, 0.15) is 5.15 Å². The van der Waals surface area contributed by atoms with E-state index in [-0.39, 0.29) is 11.3 Å². The molecule has 0 atom stereocenters. The van der Waals surface area contributed by atoms with Crippen LogP contribution in [0.25, 0.3) is 0 Å². The molecule has 1 aliphatic heterocycles. The molecule has 4 nitrogen and oxygen atoms in total. The van der Waals surface area contributed by atoms with Crippen molar-refractivity contribution < 1.29 is 9.00 Å². The van der Waals surface area contributed by atoms with Gasteiger partial charge in [0.2, 0.25) is 0 Å². The first kappa shape index (κ1) is 15.4. The lowest BCUT2D eigenvalue weighted by molar-refractivity contribution is 0.0771. The van der Waals surface area contributed by atoms with Gasteiger partial charge in [-0.25, -0.2) is 4.98 Å². The Hall–Kier alpha value is -0.940. The van der Waals surface area contributed by atoms with Crippen molar-refractivity contribution in [1.82, 2.24) is 9.88 Å². The highest BCUT2D eigenvalue weighted by molar-refractivity contribution is 7.85. The molecule has 2 heterocycles. The molecule has 0 N–H and O–H groups in total. The topological polar surface area (TPSA) is 50.3 Å². The summed E-state index contributed by atoms with van der Waals surface area (Å²) in [6.45, 7) is 7.17. The number of halogens is 1. The summed E-state index contributed by atoms with van der Waals surface area (Å²) in [5, 5.41) is 0.335. The molecule has 0 unspecified atom stereocenters. The molecule has 0 bridgehead atoms. The van der Waals surface area contributed by atoms with Crippen molar-refractivity contribution in [3.8, 4) is 0 Å². The van der Waals surface area contributed by atoms with E-state index in [2.05, 4.69) is 4.98 Å². The van der Waals surface area contributed by atoms with Gasteiger partial charge in [0.15, 0.2) is 0 Å². The van der Waals surface area contributed by atoms with Gasteiger partial charge in [-0.3, -0.25) is 9.00 Å². The first-order valence-corrected chi connectivity index (χ1v) is 8.46. The van der Waals surface area contributed by atoms with Gasteiger partial charge in [0.05, 0.1) is 0 Å². The third-order valence-electron chi connectivity index (χ3n) is 3.27. The van der Waals surface area contributed by atoms with Gasteiger partial charge in [-0.05, 0) is 12.1 Å². The van der Waals surface area contributed by atoms with Gasteiger partial charge in [-0.15, -0.1) is 0 Å². The fourth-order valence-corrected chi connectivity index (χ4v) is 3.29. The molecule has 1 aromatic rings. The molecule has 1 saturated heterocycles. The average molecular weight is 315 g/mol. The predicted octanol–water partition coefficient (Wildman–Crippen LogP) is 2.24. The number of amides is 1. The minimum Gasteiger partial charge on any atom is -0.337 e. The van der Waals surface area contributed by atoms with Gasteiger partial charge in [0, 0.05) is 52.1 Å². The molecule has 1 amide bonds. The Kier molecular flexibility index (Phi) is 4.49. The molecule has 1 aliphatic rings. The van der Waals surface area contributed by atoms with Crippen molar-refractivity contribution in [3.63, 3.8) is 0 Å². The van der Waals surface area contributed by atoms with Crippen LogP contribution in [0.3, 0.4) is 0 Å². The number of carbonyl (C=O) groups is 1. The number of carbonyl (C=O) groups excluding carboxylic acids is 1. The summed E-state index contributed by atoms with van der Waals surface area (Å²) in [5.74, 6) is 1.05. The molecule has 0 aliphatic carbocycles. The van der Waals surface area contributed by atoms with E-state index in [0.29, 0.717) is 35.3 Å². The van der Waals surface area contributed by atoms with E-state index in [1.54, 1.807) is 17.0 Å². The summed E-state index contributed by atoms with van der Waals surface area (Å²) in [7, 11) is -0.789. The van der Waals surface area contributed by atoms with E-state index < -0.39 is 10.8 Å². The lowest BCUT2D eigenvalue weighted by Crippen LogP contribution is -2.41. The second kappa shape index (κ2) is 5.82. The molecular formula is C14H19ClN2O2S. The molecule has 0 radical (unpaired) electrons. The zero-order valence-corrected chi connectivity index (χ0v) is 13.6. The smallest absolute Gasteiger partial charge is 0.254 e. The maximum absolute atomic E-state index is 12.5. The van der Waals surface area contributed by atoms with Crippen molar-refractivity contribution in [1.29, 1.82) is 0 Å². The molecule has 110 valence electrons. The van der Waals surface area contributed by atoms with Gasteiger partial charge in [-0.2, -0.15) is 0 Å². The SMILES string of the molecule is CC(C)(C)c1cc(C(=O)N2CCS(=O)CC2)cc(Cl)n1. The summed E-state index contributed by atoms with van der Waals surface area (Å²) in [5.41, 5.74) is 1.19. The monoisotopic (exact) mass is 314 g/mol. The second-order valence-corrected chi connectivity index (χ2v) is 8.04. The second-order valence-electron chi connectivity index (χ2n) is 5.95. The van der Waals surface area contributed by atoms with Crippen molar-refractivity contribution >= 4 is 28.3 Å². The molecule has 2 rings (SSSR count). The Morgan fingerprint density at radius 1 is 1.30 bits per heavy atom. The summed E-state index contributed by atoms with van der Waals surface area (Å²) >= 11 is 6.03. The van der Waals surface area contributed by atoms with Gasteiger partial charge >= 0.3 is 0 Å². The van der Waals surface area contributed by atoms with Crippen molar-refractivity contribution in [2.75, 3.05) is 24.6 Å². The predicted molar refractivity (Wildman–Crippen MR) is 81.7 cm³/mol. The van der Waals surface area contributed by atoms with E-state index >= 15 is 0 Å². The number of pyridine rings is 1. The summed E-state index contributed by atoms with van der Waals surface area (Å²) < 4.78 is 11.3. The maximum Gasteiger partial charge on any atom is 0.254 e. The van der Waals surface area contributed by atoms with Crippen LogP contribution in [0.1, 0.15) is 36.8 Å². The quantitative estimate of drug-likeness (QED) is 0.747. The van der Waals surface area contributed by atoms with Gasteiger partial charge in [0.25, 0.3) is 5.91 Å². The van der Waals surface area contributed by atoms with E-state index in [4.69, 9.17) is 11.6 Å². The number of aromatic nitrogens is 1. The standard InChI is InChI=1S/C14H19ClN2O2S/c1-14(2,3)11-8-10(9-12(15)16-11)13(18)17-4-6-20(19)7-5-17/h8-9H,4-7H2,1-3H3. The van der Waals surface area contributed by atoms with E-state index in [1.807, 2.05) is 20.8 Å². The van der Waals surface area contributed by atoms with E-state index in [0.717, 1.165) is 5.69 Å². The minimum absolute atomic E-state index is 0.0588. The molecular weight excluding hydrogens is 296 g/mol. The molecule has 6 heteroatoms. The van der Waals surface area contributed by atoms with Crippen LogP contribution in [-0.4, -0.2) is 44.6 Å². The van der Waals surface area contributed by atoms with Crippen LogP contribution in [0, 0.1) is 0 Å². The van der Waals surface area contributed by atoms with Gasteiger partial charge in [-0.1, -0.05) is 32.4 Å². The fraction of sp³-hybridized carbons (Fsp3) is 0.571. The molecule has 0 saturated carbocycles. The lowest BCUT2D eigenvalue weighted by atomic mass is 9.91. The summed E-state index contributed by atoms with van der Waals surface area (Å²) in [6.07, 6.45) is 0. The Balaban J connectivity index is 2.26. The Labute approximate surface area is 127 Å². The summed E-state index contributed by atoms with van der Waals surface area (Å²) in [4.78, 5) is 18.5. The number of hydrogen-bond donors (Lipinski definition) is 0. The van der Waals surface area contributed by atoms with Crippen LogP contribution < -0.4 is 0 Å². The third-order valence-corrected chi connectivity index (χ3v) is 4.74. The first-order valence-electron chi connectivity index (χ1n) is 6.60. The highest BCUT2D eigenvalue weighted by atomic mass is 35.5. The van der Waals surface area contributed by atoms with Crippen LogP contribution in [0.15, 0.2) is 12.1 Å². The van der Waals surface area contributed by atoms with Crippen LogP contribution in [-0.2, 0) is 16.2 Å². The Morgan fingerprint density at radius 2 is 1.90 bits per heavy atom. The number of nitrogens with zero attached hydrogens (tertiary/aromatic N) is 2. The van der Waals surface area contributed by atoms with Crippen LogP contribution >= 0.6 is 11.6 Å². The van der Waals surface area contributed by atoms with E-state index in [9.17, 15) is 9.00 Å². The highest BCUT2D eigenvalue weighted by Crippen LogP contribution is 2.24. The van der Waals surface area contributed by atoms with Crippen molar-refractivity contribution in [2.24, 2.45) is 0 Å². The largest absolute Gasteiger partial charge is 0.337 e. The molecule has 0 aromatic carbocycles. The van der Waals surface area contributed by atoms with E-state index in [1.165, 1.54) is 0 Å².